The summed E-state index contributed by atoms with van der Waals surface area (Å²) in [5.41, 5.74) is -0.905. The Balaban J connectivity index is 3.56. The normalized spacial score (nSPS) is 14.9. The van der Waals surface area contributed by atoms with Gasteiger partial charge in [-0.1, -0.05) is 15.9 Å². The number of halogens is 18. The van der Waals surface area contributed by atoms with Crippen LogP contribution in [0.25, 0.3) is 0 Å². The van der Waals surface area contributed by atoms with Crippen LogP contribution in [0.1, 0.15) is 0 Å². The molecule has 0 fully saturated rings. The molecule has 2 nitrogen and oxygen atoms in total. The van der Waals surface area contributed by atoms with Crippen molar-refractivity contribution < 1.29 is 75.0 Å². The minimum absolute atomic E-state index is 0.148. The highest BCUT2D eigenvalue weighted by atomic mass is 79.9. The van der Waals surface area contributed by atoms with Crippen molar-refractivity contribution in [1.29, 1.82) is 0 Å². The Labute approximate surface area is 199 Å². The summed E-state index contributed by atoms with van der Waals surface area (Å²) in [6.45, 7) is 0. The summed E-state index contributed by atoms with van der Waals surface area (Å²) in [4.78, 5) is 11.5. The fraction of sp³-hybridized carbons (Fsp3) is 0.533. The average Bonchev–Trinajstić information content (AvgIpc) is 2.68. The minimum Gasteiger partial charge on any atom is -0.320 e. The number of nitrogens with one attached hydrogen (secondary N) is 1. The predicted molar refractivity (Wildman–Crippen MR) is 91.1 cm³/mol. The van der Waals surface area contributed by atoms with E-state index >= 15 is 0 Å². The summed E-state index contributed by atoms with van der Waals surface area (Å²) < 4.78 is 212. The zero-order valence-corrected chi connectivity index (χ0v) is 18.7. The maximum atomic E-state index is 13.9. The Hall–Kier alpha value is -1.47. The first-order valence-corrected chi connectivity index (χ1v) is 9.53. The SMILES string of the molecule is O=C(Nc1ccc(Br)cc1Br)C(F)(F)C(F)(F)C(F)(F)C(F)(F)C(F)(F)C(F)(F)C(F)(F)C(F)F. The second-order valence-electron chi connectivity index (χ2n) is 6.45. The van der Waals surface area contributed by atoms with Crippen molar-refractivity contribution in [1.82, 2.24) is 0 Å². The highest BCUT2D eigenvalue weighted by molar-refractivity contribution is 9.11. The number of amides is 1. The lowest BCUT2D eigenvalue weighted by molar-refractivity contribution is -0.443. The number of anilines is 1. The van der Waals surface area contributed by atoms with Crippen LogP contribution in [-0.2, 0) is 4.79 Å². The molecule has 1 aromatic carbocycles. The Bertz CT molecular complexity index is 964. The zero-order chi connectivity index (χ0) is 28.2. The summed E-state index contributed by atoms with van der Waals surface area (Å²) in [5.74, 6) is -59.8. The summed E-state index contributed by atoms with van der Waals surface area (Å²) >= 11 is 5.40. The molecule has 1 rings (SSSR count). The lowest BCUT2D eigenvalue weighted by Gasteiger charge is -2.42. The molecule has 0 aliphatic carbocycles. The van der Waals surface area contributed by atoms with Crippen LogP contribution in [0.5, 0.6) is 0 Å². The molecule has 35 heavy (non-hydrogen) atoms. The van der Waals surface area contributed by atoms with Gasteiger partial charge < -0.3 is 5.32 Å². The molecule has 0 unspecified atom stereocenters. The van der Waals surface area contributed by atoms with E-state index in [9.17, 15) is 75.0 Å². The molecule has 0 atom stereocenters. The van der Waals surface area contributed by atoms with Crippen LogP contribution in [0.3, 0.4) is 0 Å². The van der Waals surface area contributed by atoms with E-state index in [0.29, 0.717) is 6.07 Å². The molecule has 0 aromatic heterocycles. The molecule has 0 radical (unpaired) electrons. The average molecular weight is 679 g/mol. The number of rotatable bonds is 9. The molecular formula is C15H5Br2F16NO. The van der Waals surface area contributed by atoms with Crippen LogP contribution in [0.4, 0.5) is 75.9 Å². The minimum atomic E-state index is -8.56. The summed E-state index contributed by atoms with van der Waals surface area (Å²) in [5, 5.41) is 0.846. The van der Waals surface area contributed by atoms with Crippen LogP contribution < -0.4 is 5.32 Å². The second kappa shape index (κ2) is 9.13. The molecule has 0 saturated carbocycles. The third-order valence-corrected chi connectivity index (χ3v) is 5.28. The molecule has 1 amide bonds. The van der Waals surface area contributed by atoms with Gasteiger partial charge in [0.1, 0.15) is 0 Å². The van der Waals surface area contributed by atoms with Crippen LogP contribution in [0.2, 0.25) is 0 Å². The quantitative estimate of drug-likeness (QED) is 0.265. The highest BCUT2D eigenvalue weighted by Gasteiger charge is 2.94. The van der Waals surface area contributed by atoms with E-state index < -0.39 is 64.0 Å². The zero-order valence-electron chi connectivity index (χ0n) is 15.5. The van der Waals surface area contributed by atoms with Crippen molar-refractivity contribution in [2.45, 2.75) is 47.9 Å². The fourth-order valence-electron chi connectivity index (χ4n) is 2.07. The highest BCUT2D eigenvalue weighted by Crippen LogP contribution is 2.62. The van der Waals surface area contributed by atoms with Crippen molar-refractivity contribution in [2.24, 2.45) is 0 Å². The Kier molecular flexibility index (Phi) is 8.23. The van der Waals surface area contributed by atoms with Gasteiger partial charge in [0.2, 0.25) is 0 Å². The molecule has 0 heterocycles. The third-order valence-electron chi connectivity index (χ3n) is 4.13. The summed E-state index contributed by atoms with van der Waals surface area (Å²) in [7, 11) is 0. The number of hydrogen-bond acceptors (Lipinski definition) is 1. The summed E-state index contributed by atoms with van der Waals surface area (Å²) in [6, 6.07) is 2.53. The first-order valence-electron chi connectivity index (χ1n) is 7.94. The van der Waals surface area contributed by atoms with E-state index in [1.54, 1.807) is 0 Å². The van der Waals surface area contributed by atoms with Crippen LogP contribution >= 0.6 is 31.9 Å². The number of carbonyl (C=O) groups is 1. The Morgan fingerprint density at radius 3 is 1.49 bits per heavy atom. The van der Waals surface area contributed by atoms with Crippen molar-refractivity contribution >= 4 is 43.5 Å². The number of hydrogen-bond donors (Lipinski definition) is 1. The van der Waals surface area contributed by atoms with E-state index in [-0.39, 0.29) is 4.47 Å². The Morgan fingerprint density at radius 1 is 0.686 bits per heavy atom. The van der Waals surface area contributed by atoms with Crippen molar-refractivity contribution in [2.75, 3.05) is 5.32 Å². The number of benzene rings is 1. The van der Waals surface area contributed by atoms with Gasteiger partial charge >= 0.3 is 53.8 Å². The molecule has 0 saturated heterocycles. The molecule has 1 aromatic rings. The molecule has 0 spiro atoms. The first kappa shape index (κ1) is 31.6. The van der Waals surface area contributed by atoms with Gasteiger partial charge in [-0.3, -0.25) is 4.79 Å². The van der Waals surface area contributed by atoms with Gasteiger partial charge in [-0.15, -0.1) is 0 Å². The molecular weight excluding hydrogens is 674 g/mol. The largest absolute Gasteiger partial charge is 0.393 e. The van der Waals surface area contributed by atoms with E-state index in [1.165, 1.54) is 0 Å². The van der Waals surface area contributed by atoms with Crippen molar-refractivity contribution in [3.8, 4) is 0 Å². The second-order valence-corrected chi connectivity index (χ2v) is 8.22. The molecule has 202 valence electrons. The molecule has 0 aliphatic heterocycles. The lowest BCUT2D eigenvalue weighted by atomic mass is 9.89. The third kappa shape index (κ3) is 4.56. The smallest absolute Gasteiger partial charge is 0.320 e. The number of alkyl halides is 16. The van der Waals surface area contributed by atoms with Gasteiger partial charge in [-0.2, -0.15) is 61.5 Å². The standard InChI is InChI=1S/C15H5Br2F16NO/c16-4-1-2-6(5(17)3-4)34-8(35)10(22,23)12(26,27)14(30,31)15(32,33)13(28,29)11(24,25)9(20,21)7(18)19/h1-3,7H,(H,34,35). The number of carbonyl (C=O) groups excluding carboxylic acids is 1. The maximum Gasteiger partial charge on any atom is 0.393 e. The van der Waals surface area contributed by atoms with Gasteiger partial charge in [-0.05, 0) is 34.1 Å². The van der Waals surface area contributed by atoms with Gasteiger partial charge in [0, 0.05) is 8.95 Å². The molecule has 0 aliphatic rings. The fourth-order valence-corrected chi connectivity index (χ4v) is 3.22. The molecule has 1 N–H and O–H groups in total. The van der Waals surface area contributed by atoms with Gasteiger partial charge in [-0.25, -0.2) is 8.78 Å². The van der Waals surface area contributed by atoms with Gasteiger partial charge in [0.15, 0.2) is 0 Å². The molecule has 20 heteroatoms. The monoisotopic (exact) mass is 677 g/mol. The summed E-state index contributed by atoms with van der Waals surface area (Å²) in [6.07, 6.45) is -5.93. The van der Waals surface area contributed by atoms with E-state index in [4.69, 9.17) is 0 Å². The van der Waals surface area contributed by atoms with E-state index in [1.807, 2.05) is 0 Å². The lowest BCUT2D eigenvalue weighted by Crippen LogP contribution is -2.74. The van der Waals surface area contributed by atoms with Crippen LogP contribution in [-0.4, -0.2) is 53.8 Å². The topological polar surface area (TPSA) is 29.1 Å². The van der Waals surface area contributed by atoms with E-state index in [2.05, 4.69) is 31.9 Å². The van der Waals surface area contributed by atoms with Crippen molar-refractivity contribution in [3.05, 3.63) is 27.1 Å². The van der Waals surface area contributed by atoms with E-state index in [0.717, 1.165) is 17.4 Å². The van der Waals surface area contributed by atoms with Crippen LogP contribution in [0.15, 0.2) is 27.1 Å². The maximum absolute atomic E-state index is 13.9. The van der Waals surface area contributed by atoms with Gasteiger partial charge in [0.05, 0.1) is 5.69 Å². The van der Waals surface area contributed by atoms with Gasteiger partial charge in [0.25, 0.3) is 0 Å². The Morgan fingerprint density at radius 2 is 1.09 bits per heavy atom. The van der Waals surface area contributed by atoms with Crippen molar-refractivity contribution in [3.63, 3.8) is 0 Å². The first-order chi connectivity index (χ1) is 15.2. The predicted octanol–water partition coefficient (Wildman–Crippen LogP) is 7.86. The van der Waals surface area contributed by atoms with Crippen LogP contribution in [0, 0.1) is 0 Å². The molecule has 0 bridgehead atoms.